The summed E-state index contributed by atoms with van der Waals surface area (Å²) in [4.78, 5) is 4.29. The molecule has 2 aromatic carbocycles. The average Bonchev–Trinajstić information content (AvgIpc) is 3.06. The van der Waals surface area contributed by atoms with Crippen LogP contribution in [0.25, 0.3) is 5.69 Å². The number of guanidine groups is 1. The lowest BCUT2D eigenvalue weighted by atomic mass is 10.1. The quantitative estimate of drug-likeness (QED) is 0.377. The zero-order chi connectivity index (χ0) is 19.8. The molecule has 0 aliphatic heterocycles. The van der Waals surface area contributed by atoms with Crippen molar-refractivity contribution in [3.63, 3.8) is 0 Å². The maximum absolute atomic E-state index is 5.70. The van der Waals surface area contributed by atoms with Crippen molar-refractivity contribution in [3.05, 3.63) is 77.6 Å². The Morgan fingerprint density at radius 1 is 1.04 bits per heavy atom. The maximum atomic E-state index is 5.70. The third-order valence-corrected chi connectivity index (χ3v) is 4.31. The standard InChI is InChI=1S/C22H27N5O/c1-17-15-18(2)27(26-17)21-12-8-7-9-19(21)16-25-22(23-3)24-13-14-28-20-10-5-4-6-11-20/h4-12,15H,13-14,16H2,1-3H3,(H2,23,24,25). The zero-order valence-corrected chi connectivity index (χ0v) is 16.6. The van der Waals surface area contributed by atoms with Gasteiger partial charge in [-0.15, -0.1) is 0 Å². The van der Waals surface area contributed by atoms with Gasteiger partial charge in [0, 0.05) is 19.3 Å². The van der Waals surface area contributed by atoms with Crippen LogP contribution in [0.1, 0.15) is 17.0 Å². The molecule has 1 aromatic heterocycles. The van der Waals surface area contributed by atoms with Crippen molar-refractivity contribution in [2.75, 3.05) is 20.2 Å². The molecule has 0 aliphatic carbocycles. The zero-order valence-electron chi connectivity index (χ0n) is 16.6. The van der Waals surface area contributed by atoms with Gasteiger partial charge >= 0.3 is 0 Å². The molecule has 0 radical (unpaired) electrons. The van der Waals surface area contributed by atoms with Crippen LogP contribution in [0.3, 0.4) is 0 Å². The number of para-hydroxylation sites is 2. The summed E-state index contributed by atoms with van der Waals surface area (Å²) in [7, 11) is 1.76. The first kappa shape index (κ1) is 19.5. The molecule has 3 rings (SSSR count). The normalized spacial score (nSPS) is 11.3. The van der Waals surface area contributed by atoms with Gasteiger partial charge in [0.05, 0.1) is 17.9 Å². The van der Waals surface area contributed by atoms with E-state index in [-0.39, 0.29) is 0 Å². The van der Waals surface area contributed by atoms with Gasteiger partial charge in [-0.1, -0.05) is 36.4 Å². The molecule has 0 atom stereocenters. The first-order valence-corrected chi connectivity index (χ1v) is 9.41. The monoisotopic (exact) mass is 377 g/mol. The van der Waals surface area contributed by atoms with Gasteiger partial charge in [-0.05, 0) is 43.7 Å². The number of hydrogen-bond acceptors (Lipinski definition) is 3. The Labute approximate surface area is 166 Å². The van der Waals surface area contributed by atoms with Crippen LogP contribution in [0.5, 0.6) is 5.75 Å². The Hall–Kier alpha value is -3.28. The van der Waals surface area contributed by atoms with Gasteiger partial charge in [0.25, 0.3) is 0 Å². The van der Waals surface area contributed by atoms with Crippen LogP contribution in [-0.2, 0) is 6.54 Å². The summed E-state index contributed by atoms with van der Waals surface area (Å²) >= 11 is 0. The van der Waals surface area contributed by atoms with Crippen molar-refractivity contribution in [2.24, 2.45) is 4.99 Å². The van der Waals surface area contributed by atoms with Gasteiger partial charge in [-0.2, -0.15) is 5.10 Å². The van der Waals surface area contributed by atoms with E-state index in [2.05, 4.69) is 45.8 Å². The van der Waals surface area contributed by atoms with Crippen molar-refractivity contribution < 1.29 is 4.74 Å². The summed E-state index contributed by atoms with van der Waals surface area (Å²) < 4.78 is 7.68. The minimum atomic E-state index is 0.563. The van der Waals surface area contributed by atoms with Crippen molar-refractivity contribution in [2.45, 2.75) is 20.4 Å². The summed E-state index contributed by atoms with van der Waals surface area (Å²) in [6.45, 7) is 5.94. The van der Waals surface area contributed by atoms with Crippen LogP contribution < -0.4 is 15.4 Å². The molecule has 0 amide bonds. The second-order valence-corrected chi connectivity index (χ2v) is 6.48. The molecule has 0 aliphatic rings. The highest BCUT2D eigenvalue weighted by atomic mass is 16.5. The fourth-order valence-corrected chi connectivity index (χ4v) is 2.99. The van der Waals surface area contributed by atoms with Gasteiger partial charge < -0.3 is 15.4 Å². The molecular formula is C22H27N5O. The van der Waals surface area contributed by atoms with Crippen molar-refractivity contribution in [1.29, 1.82) is 0 Å². The third kappa shape index (κ3) is 5.13. The van der Waals surface area contributed by atoms with E-state index in [1.54, 1.807) is 7.05 Å². The number of aryl methyl sites for hydroxylation is 2. The molecule has 0 bridgehead atoms. The fraction of sp³-hybridized carbons (Fsp3) is 0.273. The van der Waals surface area contributed by atoms with Crippen LogP contribution in [0.4, 0.5) is 0 Å². The van der Waals surface area contributed by atoms with E-state index in [4.69, 9.17) is 4.74 Å². The van der Waals surface area contributed by atoms with Crippen molar-refractivity contribution >= 4 is 5.96 Å². The summed E-state index contributed by atoms with van der Waals surface area (Å²) in [5, 5.41) is 11.2. The SMILES string of the molecule is CN=C(NCCOc1ccccc1)NCc1ccccc1-n1nc(C)cc1C. The van der Waals surface area contributed by atoms with E-state index >= 15 is 0 Å². The number of benzene rings is 2. The number of aliphatic imine (C=N–C) groups is 1. The smallest absolute Gasteiger partial charge is 0.191 e. The first-order chi connectivity index (χ1) is 13.7. The summed E-state index contributed by atoms with van der Waals surface area (Å²) in [5.41, 5.74) is 4.35. The van der Waals surface area contributed by atoms with E-state index in [1.807, 2.05) is 54.1 Å². The van der Waals surface area contributed by atoms with E-state index in [1.165, 1.54) is 0 Å². The molecule has 2 N–H and O–H groups in total. The molecule has 0 saturated heterocycles. The third-order valence-electron chi connectivity index (χ3n) is 4.31. The topological polar surface area (TPSA) is 63.5 Å². The molecule has 6 nitrogen and oxygen atoms in total. The van der Waals surface area contributed by atoms with Crippen LogP contribution in [0.15, 0.2) is 65.7 Å². The van der Waals surface area contributed by atoms with Crippen LogP contribution >= 0.6 is 0 Å². The highest BCUT2D eigenvalue weighted by Gasteiger charge is 2.09. The number of hydrogen-bond donors (Lipinski definition) is 2. The van der Waals surface area contributed by atoms with Gasteiger partial charge in [0.1, 0.15) is 12.4 Å². The largest absolute Gasteiger partial charge is 0.492 e. The molecule has 146 valence electrons. The molecule has 1 heterocycles. The highest BCUT2D eigenvalue weighted by Crippen LogP contribution is 2.16. The lowest BCUT2D eigenvalue weighted by Gasteiger charge is -2.15. The predicted octanol–water partition coefficient (Wildman–Crippen LogP) is 3.23. The van der Waals surface area contributed by atoms with Crippen LogP contribution in [0, 0.1) is 13.8 Å². The maximum Gasteiger partial charge on any atom is 0.191 e. The van der Waals surface area contributed by atoms with Gasteiger partial charge in [0.2, 0.25) is 0 Å². The van der Waals surface area contributed by atoms with E-state index in [0.29, 0.717) is 19.7 Å². The summed E-state index contributed by atoms with van der Waals surface area (Å²) in [5.74, 6) is 1.60. The Kier molecular flexibility index (Phi) is 6.68. The molecule has 3 aromatic rings. The van der Waals surface area contributed by atoms with Gasteiger partial charge in [-0.3, -0.25) is 4.99 Å². The predicted molar refractivity (Wildman–Crippen MR) is 113 cm³/mol. The molecule has 6 heteroatoms. The number of nitrogens with one attached hydrogen (secondary N) is 2. The van der Waals surface area contributed by atoms with Crippen LogP contribution in [0.2, 0.25) is 0 Å². The number of nitrogens with zero attached hydrogens (tertiary/aromatic N) is 3. The minimum Gasteiger partial charge on any atom is -0.492 e. The molecule has 0 spiro atoms. The lowest BCUT2D eigenvalue weighted by molar-refractivity contribution is 0.322. The Morgan fingerprint density at radius 3 is 2.50 bits per heavy atom. The van der Waals surface area contributed by atoms with E-state index < -0.39 is 0 Å². The Balaban J connectivity index is 1.55. The molecule has 28 heavy (non-hydrogen) atoms. The van der Waals surface area contributed by atoms with Gasteiger partial charge in [-0.25, -0.2) is 4.68 Å². The van der Waals surface area contributed by atoms with E-state index in [9.17, 15) is 0 Å². The van der Waals surface area contributed by atoms with Crippen molar-refractivity contribution in [1.82, 2.24) is 20.4 Å². The fourth-order valence-electron chi connectivity index (χ4n) is 2.99. The second kappa shape index (κ2) is 9.60. The average molecular weight is 377 g/mol. The lowest BCUT2D eigenvalue weighted by Crippen LogP contribution is -2.39. The molecule has 0 unspecified atom stereocenters. The molecule has 0 fully saturated rings. The second-order valence-electron chi connectivity index (χ2n) is 6.48. The van der Waals surface area contributed by atoms with Crippen molar-refractivity contribution in [3.8, 4) is 11.4 Å². The minimum absolute atomic E-state index is 0.563. The number of aromatic nitrogens is 2. The summed E-state index contributed by atoms with van der Waals surface area (Å²) in [6.07, 6.45) is 0. The first-order valence-electron chi connectivity index (χ1n) is 9.41. The Morgan fingerprint density at radius 2 is 1.79 bits per heavy atom. The molecule has 0 saturated carbocycles. The highest BCUT2D eigenvalue weighted by molar-refractivity contribution is 5.79. The Bertz CT molecular complexity index is 918. The van der Waals surface area contributed by atoms with E-state index in [0.717, 1.165) is 34.3 Å². The number of rotatable bonds is 7. The summed E-state index contributed by atoms with van der Waals surface area (Å²) in [6, 6.07) is 20.1. The number of ether oxygens (including phenoxy) is 1. The van der Waals surface area contributed by atoms with Gasteiger partial charge in [0.15, 0.2) is 5.96 Å². The van der Waals surface area contributed by atoms with Crippen LogP contribution in [-0.4, -0.2) is 35.9 Å². The molecular weight excluding hydrogens is 350 g/mol.